The fourth-order valence-electron chi connectivity index (χ4n) is 2.71. The molecule has 1 heterocycles. The normalized spacial score (nSPS) is 11.6. The fourth-order valence-corrected chi connectivity index (χ4v) is 3.33. The molecule has 3 aromatic rings. The molecule has 2 N–H and O–H groups in total. The van der Waals surface area contributed by atoms with Gasteiger partial charge >= 0.3 is 0 Å². The van der Waals surface area contributed by atoms with E-state index in [9.17, 15) is 8.42 Å². The second-order valence-corrected chi connectivity index (χ2v) is 8.22. The predicted molar refractivity (Wildman–Crippen MR) is 108 cm³/mol. The Balaban J connectivity index is 1.74. The number of nitrogens with zero attached hydrogens (tertiary/aromatic N) is 2. The summed E-state index contributed by atoms with van der Waals surface area (Å²) in [6.07, 6.45) is 2.01. The molecule has 7 heteroatoms. The minimum absolute atomic E-state index is 0.0923. The quantitative estimate of drug-likeness (QED) is 0.556. The number of sulfonamides is 1. The van der Waals surface area contributed by atoms with E-state index in [-0.39, 0.29) is 5.75 Å². The summed E-state index contributed by atoms with van der Waals surface area (Å²) in [5.41, 5.74) is 4.02. The molecule has 142 valence electrons. The van der Waals surface area contributed by atoms with Crippen molar-refractivity contribution < 1.29 is 8.42 Å². The molecule has 2 aromatic carbocycles. The van der Waals surface area contributed by atoms with E-state index in [2.05, 4.69) is 10.0 Å². The molecule has 0 atom stereocenters. The maximum atomic E-state index is 11.5. The topological polar surface area (TPSA) is 76.0 Å². The molecular formula is C20H24N4O2S. The van der Waals surface area contributed by atoms with Gasteiger partial charge in [-0.15, -0.1) is 0 Å². The van der Waals surface area contributed by atoms with Gasteiger partial charge in [-0.25, -0.2) is 17.8 Å². The van der Waals surface area contributed by atoms with Crippen LogP contribution in [0.5, 0.6) is 0 Å². The first-order valence-corrected chi connectivity index (χ1v) is 10.6. The number of rotatable bonds is 9. The standard InChI is InChI=1S/C20H24N4O2S/c1-2-27(25,26)22-14-13-21-15-18-16-24(19-11-7-4-8-12-19)23-20(18)17-9-5-3-6-10-17/h3-12,16,21-22H,2,13-15H2,1H3. The van der Waals surface area contributed by atoms with Crippen molar-refractivity contribution in [2.45, 2.75) is 13.5 Å². The Labute approximate surface area is 160 Å². The van der Waals surface area contributed by atoms with Crippen LogP contribution in [0.2, 0.25) is 0 Å². The molecule has 0 aliphatic rings. The molecule has 0 amide bonds. The largest absolute Gasteiger partial charge is 0.311 e. The van der Waals surface area contributed by atoms with Crippen LogP contribution in [0.25, 0.3) is 16.9 Å². The molecular weight excluding hydrogens is 360 g/mol. The van der Waals surface area contributed by atoms with Gasteiger partial charge < -0.3 is 5.32 Å². The average Bonchev–Trinajstić information content (AvgIpc) is 3.13. The van der Waals surface area contributed by atoms with Crippen molar-refractivity contribution in [3.8, 4) is 16.9 Å². The third-order valence-electron chi connectivity index (χ3n) is 4.18. The highest BCUT2D eigenvalue weighted by Crippen LogP contribution is 2.23. The average molecular weight is 385 g/mol. The molecule has 0 saturated heterocycles. The maximum Gasteiger partial charge on any atom is 0.211 e. The second kappa shape index (κ2) is 8.94. The van der Waals surface area contributed by atoms with E-state index in [4.69, 9.17) is 5.10 Å². The van der Waals surface area contributed by atoms with Crippen LogP contribution in [0.15, 0.2) is 66.9 Å². The Morgan fingerprint density at radius 3 is 2.30 bits per heavy atom. The lowest BCUT2D eigenvalue weighted by atomic mass is 10.1. The number of para-hydroxylation sites is 1. The zero-order valence-corrected chi connectivity index (χ0v) is 16.1. The van der Waals surface area contributed by atoms with E-state index < -0.39 is 10.0 Å². The third kappa shape index (κ3) is 5.26. The van der Waals surface area contributed by atoms with Gasteiger partial charge in [0, 0.05) is 37.0 Å². The first-order valence-electron chi connectivity index (χ1n) is 8.96. The molecule has 0 bridgehead atoms. The molecule has 0 spiro atoms. The lowest BCUT2D eigenvalue weighted by Gasteiger charge is -2.06. The molecule has 0 unspecified atom stereocenters. The van der Waals surface area contributed by atoms with E-state index in [0.29, 0.717) is 19.6 Å². The Hall–Kier alpha value is -2.48. The molecule has 1 aromatic heterocycles. The highest BCUT2D eigenvalue weighted by atomic mass is 32.2. The van der Waals surface area contributed by atoms with E-state index in [1.807, 2.05) is 71.5 Å². The molecule has 0 saturated carbocycles. The smallest absolute Gasteiger partial charge is 0.211 e. The van der Waals surface area contributed by atoms with Crippen LogP contribution in [-0.4, -0.2) is 37.0 Å². The molecule has 0 radical (unpaired) electrons. The van der Waals surface area contributed by atoms with Gasteiger partial charge in [0.15, 0.2) is 0 Å². The van der Waals surface area contributed by atoms with Crippen LogP contribution in [0.1, 0.15) is 12.5 Å². The van der Waals surface area contributed by atoms with Crippen LogP contribution in [0.4, 0.5) is 0 Å². The van der Waals surface area contributed by atoms with Crippen LogP contribution < -0.4 is 10.0 Å². The Morgan fingerprint density at radius 2 is 1.63 bits per heavy atom. The Kier molecular flexibility index (Phi) is 6.39. The van der Waals surface area contributed by atoms with Gasteiger partial charge in [-0.3, -0.25) is 0 Å². The number of aromatic nitrogens is 2. The summed E-state index contributed by atoms with van der Waals surface area (Å²) in [7, 11) is -3.15. The highest BCUT2D eigenvalue weighted by molar-refractivity contribution is 7.89. The summed E-state index contributed by atoms with van der Waals surface area (Å²) >= 11 is 0. The van der Waals surface area contributed by atoms with E-state index in [1.165, 1.54) is 0 Å². The van der Waals surface area contributed by atoms with E-state index in [1.54, 1.807) is 6.92 Å². The first kappa shape index (κ1) is 19.3. The molecule has 6 nitrogen and oxygen atoms in total. The van der Waals surface area contributed by atoms with Crippen molar-refractivity contribution in [3.05, 3.63) is 72.4 Å². The summed E-state index contributed by atoms with van der Waals surface area (Å²) < 4.78 is 27.4. The van der Waals surface area contributed by atoms with Crippen molar-refractivity contribution in [2.75, 3.05) is 18.8 Å². The van der Waals surface area contributed by atoms with Crippen molar-refractivity contribution >= 4 is 10.0 Å². The number of hydrogen-bond acceptors (Lipinski definition) is 4. The van der Waals surface area contributed by atoms with Crippen LogP contribution in [0.3, 0.4) is 0 Å². The zero-order valence-electron chi connectivity index (χ0n) is 15.3. The third-order valence-corrected chi connectivity index (χ3v) is 5.58. The summed E-state index contributed by atoms with van der Waals surface area (Å²) in [5, 5.41) is 8.06. The number of benzene rings is 2. The Morgan fingerprint density at radius 1 is 0.963 bits per heavy atom. The van der Waals surface area contributed by atoms with E-state index in [0.717, 1.165) is 22.5 Å². The van der Waals surface area contributed by atoms with Crippen molar-refractivity contribution in [1.29, 1.82) is 0 Å². The lowest BCUT2D eigenvalue weighted by Crippen LogP contribution is -2.32. The molecule has 27 heavy (non-hydrogen) atoms. The first-order chi connectivity index (χ1) is 13.1. The van der Waals surface area contributed by atoms with Crippen molar-refractivity contribution in [1.82, 2.24) is 19.8 Å². The Bertz CT molecular complexity index is 954. The number of nitrogens with one attached hydrogen (secondary N) is 2. The zero-order chi connectivity index (χ0) is 19.1. The maximum absolute atomic E-state index is 11.5. The van der Waals surface area contributed by atoms with Gasteiger partial charge in [0.2, 0.25) is 10.0 Å². The SMILES string of the molecule is CCS(=O)(=O)NCCNCc1cn(-c2ccccc2)nc1-c1ccccc1. The van der Waals surface area contributed by atoms with Crippen LogP contribution in [0, 0.1) is 0 Å². The minimum Gasteiger partial charge on any atom is -0.311 e. The molecule has 0 fully saturated rings. The summed E-state index contributed by atoms with van der Waals surface area (Å²) in [5.74, 6) is 0.0923. The highest BCUT2D eigenvalue weighted by Gasteiger charge is 2.12. The molecule has 0 aliphatic heterocycles. The molecule has 3 rings (SSSR count). The summed E-state index contributed by atoms with van der Waals surface area (Å²) in [6.45, 7) is 3.14. The van der Waals surface area contributed by atoms with Gasteiger partial charge in [-0.1, -0.05) is 48.5 Å². The second-order valence-electron chi connectivity index (χ2n) is 6.12. The van der Waals surface area contributed by atoms with Gasteiger partial charge in [-0.2, -0.15) is 5.10 Å². The fraction of sp³-hybridized carbons (Fsp3) is 0.250. The van der Waals surface area contributed by atoms with E-state index >= 15 is 0 Å². The van der Waals surface area contributed by atoms with Crippen molar-refractivity contribution in [3.63, 3.8) is 0 Å². The summed E-state index contributed by atoms with van der Waals surface area (Å²) in [6, 6.07) is 20.0. The van der Waals surface area contributed by atoms with Crippen LogP contribution in [-0.2, 0) is 16.6 Å². The predicted octanol–water partition coefficient (Wildman–Crippen LogP) is 2.57. The van der Waals surface area contributed by atoms with Gasteiger partial charge in [0.25, 0.3) is 0 Å². The van der Waals surface area contributed by atoms with Gasteiger partial charge in [-0.05, 0) is 19.1 Å². The summed E-state index contributed by atoms with van der Waals surface area (Å²) in [4.78, 5) is 0. The van der Waals surface area contributed by atoms with Gasteiger partial charge in [0.1, 0.15) is 0 Å². The monoisotopic (exact) mass is 384 g/mol. The molecule has 0 aliphatic carbocycles. The van der Waals surface area contributed by atoms with Crippen molar-refractivity contribution in [2.24, 2.45) is 0 Å². The minimum atomic E-state index is -3.15. The number of hydrogen-bond donors (Lipinski definition) is 2. The van der Waals surface area contributed by atoms with Gasteiger partial charge in [0.05, 0.1) is 17.1 Å². The lowest BCUT2D eigenvalue weighted by molar-refractivity contribution is 0.577. The van der Waals surface area contributed by atoms with Crippen LogP contribution >= 0.6 is 0 Å².